The smallest absolute Gasteiger partial charge is 0.410 e. The number of nitrogens with zero attached hydrogens (tertiary/aromatic N) is 5. The highest BCUT2D eigenvalue weighted by molar-refractivity contribution is 7.10. The molecule has 350 valence electrons. The van der Waals surface area contributed by atoms with Crippen molar-refractivity contribution in [1.82, 2.24) is 24.8 Å². The Morgan fingerprint density at radius 1 is 0.969 bits per heavy atom. The van der Waals surface area contributed by atoms with Crippen molar-refractivity contribution in [3.8, 4) is 22.5 Å². The Morgan fingerprint density at radius 2 is 1.68 bits per heavy atom. The number of piperazine rings is 1. The minimum atomic E-state index is -4.63. The molecule has 0 bridgehead atoms. The van der Waals surface area contributed by atoms with Crippen LogP contribution in [0.5, 0.6) is 0 Å². The van der Waals surface area contributed by atoms with Crippen molar-refractivity contribution in [2.75, 3.05) is 51.9 Å². The molecule has 6 rings (SSSR count). The Morgan fingerprint density at radius 3 is 2.31 bits per heavy atom. The van der Waals surface area contributed by atoms with Crippen LogP contribution in [0.15, 0.2) is 66.2 Å². The highest BCUT2D eigenvalue weighted by Crippen LogP contribution is 2.44. The number of esters is 1. The van der Waals surface area contributed by atoms with Gasteiger partial charge >= 0.3 is 24.3 Å². The number of aromatic nitrogens is 3. The highest BCUT2D eigenvalue weighted by Gasteiger charge is 2.35. The average molecular weight is 923 g/mol. The highest BCUT2D eigenvalue weighted by atomic mass is 32.1. The van der Waals surface area contributed by atoms with E-state index in [-0.39, 0.29) is 26.1 Å². The molecule has 1 aliphatic rings. The van der Waals surface area contributed by atoms with Crippen molar-refractivity contribution in [3.05, 3.63) is 88.0 Å². The summed E-state index contributed by atoms with van der Waals surface area (Å²) >= 11 is 1.25. The van der Waals surface area contributed by atoms with Crippen LogP contribution in [0.4, 0.5) is 28.4 Å². The molecule has 1 saturated heterocycles. The van der Waals surface area contributed by atoms with Crippen molar-refractivity contribution in [2.45, 2.75) is 91.5 Å². The predicted octanol–water partition coefficient (Wildman–Crippen LogP) is 8.73. The van der Waals surface area contributed by atoms with E-state index in [1.807, 2.05) is 62.1 Å². The molecule has 0 unspecified atom stereocenters. The quantitative estimate of drug-likeness (QED) is 0.0765. The number of halogens is 3. The van der Waals surface area contributed by atoms with Crippen molar-refractivity contribution in [1.29, 1.82) is 0 Å². The Labute approximate surface area is 380 Å². The van der Waals surface area contributed by atoms with Crippen LogP contribution < -0.4 is 10.2 Å². The standard InChI is InChI=1S/C47H57F3N6O8S/c1-29(61-7)35-21-33(39(24-51-35)54-16-18-55(19-17-54)44(60)63-25-30-12-10-9-11-13-30)41-34(23-46(5,6)28-57)32-20-31(14-15-38(32)56(41)27-47(48,49)50)37-26-65-40(52-37)22-36(42(58)62-8)53-43(59)64-45(2,3)4/h9-15,20-21,24,26,29,36,57H,16-19,22-23,25,27-28H2,1-8H3,(H,53,59)/t29-,36-/m0/s1. The molecular weight excluding hydrogens is 866 g/mol. The number of alkyl halides is 3. The number of hydrogen-bond donors (Lipinski definition) is 2. The second-order valence-electron chi connectivity index (χ2n) is 17.8. The summed E-state index contributed by atoms with van der Waals surface area (Å²) in [5.74, 6) is -0.689. The van der Waals surface area contributed by atoms with Crippen LogP contribution in [-0.4, -0.2) is 108 Å². The van der Waals surface area contributed by atoms with Gasteiger partial charge in [0.2, 0.25) is 0 Å². The zero-order chi connectivity index (χ0) is 47.3. The number of rotatable bonds is 15. The van der Waals surface area contributed by atoms with Gasteiger partial charge in [-0.2, -0.15) is 13.2 Å². The number of benzene rings is 2. The summed E-state index contributed by atoms with van der Waals surface area (Å²) in [7, 11) is 2.74. The molecule has 14 nitrogen and oxygen atoms in total. The fourth-order valence-electron chi connectivity index (χ4n) is 7.64. The van der Waals surface area contributed by atoms with Crippen molar-refractivity contribution in [2.24, 2.45) is 5.41 Å². The molecule has 0 saturated carbocycles. The lowest BCUT2D eigenvalue weighted by atomic mass is 9.84. The summed E-state index contributed by atoms with van der Waals surface area (Å²) in [5.41, 5.74) is 3.20. The van der Waals surface area contributed by atoms with E-state index >= 15 is 0 Å². The van der Waals surface area contributed by atoms with Gasteiger partial charge in [-0.1, -0.05) is 50.2 Å². The van der Waals surface area contributed by atoms with Gasteiger partial charge in [-0.15, -0.1) is 11.3 Å². The molecule has 1 aliphatic heterocycles. The molecule has 2 aromatic carbocycles. The maximum absolute atomic E-state index is 14.9. The van der Waals surface area contributed by atoms with Gasteiger partial charge in [0, 0.05) is 73.7 Å². The van der Waals surface area contributed by atoms with E-state index in [0.29, 0.717) is 81.5 Å². The Bertz CT molecular complexity index is 2460. The van der Waals surface area contributed by atoms with E-state index in [1.165, 1.54) is 30.1 Å². The normalized spacial score (nSPS) is 14.6. The summed E-state index contributed by atoms with van der Waals surface area (Å²) < 4.78 is 67.4. The van der Waals surface area contributed by atoms with Gasteiger partial charge in [-0.25, -0.2) is 19.4 Å². The topological polar surface area (TPSA) is 158 Å². The van der Waals surface area contributed by atoms with Gasteiger partial charge < -0.3 is 43.7 Å². The lowest BCUT2D eigenvalue weighted by Gasteiger charge is -2.36. The summed E-state index contributed by atoms with van der Waals surface area (Å²) in [6.45, 7) is 10.5. The van der Waals surface area contributed by atoms with Gasteiger partial charge in [-0.3, -0.25) is 4.98 Å². The molecule has 18 heteroatoms. The van der Waals surface area contributed by atoms with E-state index in [1.54, 1.807) is 55.4 Å². The zero-order valence-corrected chi connectivity index (χ0v) is 38.8. The third-order valence-corrected chi connectivity index (χ3v) is 11.9. The van der Waals surface area contributed by atoms with Gasteiger partial charge in [0.05, 0.1) is 47.2 Å². The number of pyridine rings is 1. The second-order valence-corrected chi connectivity index (χ2v) is 18.8. The van der Waals surface area contributed by atoms with Crippen LogP contribution in [0.3, 0.4) is 0 Å². The van der Waals surface area contributed by atoms with Crippen molar-refractivity contribution >= 4 is 46.1 Å². The van der Waals surface area contributed by atoms with Gasteiger partial charge in [-0.05, 0) is 68.9 Å². The van der Waals surface area contributed by atoms with Crippen LogP contribution in [0.2, 0.25) is 0 Å². The number of thiazole rings is 1. The SMILES string of the molecule is COC(=O)[C@H](Cc1nc(-c2ccc3c(c2)c(CC(C)(C)CO)c(-c2cc([C@H](C)OC)ncc2N2CCN(C(=O)OCc4ccccc4)CC2)n3CC(F)(F)F)cs1)NC(=O)OC(C)(C)C. The molecule has 0 radical (unpaired) electrons. The average Bonchev–Trinajstić information content (AvgIpc) is 3.85. The van der Waals surface area contributed by atoms with E-state index in [0.717, 1.165) is 5.56 Å². The largest absolute Gasteiger partial charge is 0.467 e. The number of aliphatic hydroxyl groups is 1. The minimum Gasteiger partial charge on any atom is -0.467 e. The number of methoxy groups -OCH3 is 2. The Hall–Kier alpha value is -5.72. The molecule has 2 amide bonds. The lowest BCUT2D eigenvalue weighted by Crippen LogP contribution is -2.49. The van der Waals surface area contributed by atoms with Gasteiger partial charge in [0.25, 0.3) is 0 Å². The molecule has 0 aliphatic carbocycles. The van der Waals surface area contributed by atoms with Crippen LogP contribution in [0, 0.1) is 5.41 Å². The summed E-state index contributed by atoms with van der Waals surface area (Å²) in [6.07, 6.45) is -4.54. The zero-order valence-electron chi connectivity index (χ0n) is 38.0. The van der Waals surface area contributed by atoms with E-state index < -0.39 is 54.0 Å². The monoisotopic (exact) mass is 922 g/mol. The first kappa shape index (κ1) is 48.7. The number of carbonyl (C=O) groups excluding carboxylic acids is 3. The molecule has 65 heavy (non-hydrogen) atoms. The summed E-state index contributed by atoms with van der Waals surface area (Å²) in [4.78, 5) is 51.6. The van der Waals surface area contributed by atoms with Crippen LogP contribution in [0.25, 0.3) is 33.4 Å². The summed E-state index contributed by atoms with van der Waals surface area (Å²) in [6, 6.07) is 15.2. The fourth-order valence-corrected chi connectivity index (χ4v) is 8.49. The minimum absolute atomic E-state index is 0.00292. The first-order valence-electron chi connectivity index (χ1n) is 21.3. The number of ether oxygens (including phenoxy) is 4. The number of fused-ring (bicyclic) bond motifs is 1. The number of nitrogens with one attached hydrogen (secondary N) is 1. The van der Waals surface area contributed by atoms with E-state index in [9.17, 15) is 32.7 Å². The number of hydrogen-bond acceptors (Lipinski definition) is 12. The number of alkyl carbamates (subject to hydrolysis) is 1. The van der Waals surface area contributed by atoms with Gasteiger partial charge in [0.1, 0.15) is 24.8 Å². The predicted molar refractivity (Wildman–Crippen MR) is 242 cm³/mol. The third kappa shape index (κ3) is 12.3. The van der Waals surface area contributed by atoms with Crippen LogP contribution >= 0.6 is 11.3 Å². The molecule has 4 heterocycles. The first-order valence-corrected chi connectivity index (χ1v) is 22.2. The molecule has 2 atom stereocenters. The second kappa shape index (κ2) is 20.2. The lowest BCUT2D eigenvalue weighted by molar-refractivity contribution is -0.143. The van der Waals surface area contributed by atoms with Crippen molar-refractivity contribution in [3.63, 3.8) is 0 Å². The molecule has 3 aromatic heterocycles. The number of aliphatic hydroxyl groups excluding tert-OH is 1. The molecule has 5 aromatic rings. The van der Waals surface area contributed by atoms with E-state index in [2.05, 4.69) is 5.32 Å². The summed E-state index contributed by atoms with van der Waals surface area (Å²) in [5, 5.41) is 16.0. The molecule has 1 fully saturated rings. The Kier molecular flexibility index (Phi) is 15.1. The number of amides is 2. The molecular formula is C47H57F3N6O8S. The Balaban J connectivity index is 1.43. The van der Waals surface area contributed by atoms with E-state index in [4.69, 9.17) is 28.9 Å². The van der Waals surface area contributed by atoms with Gasteiger partial charge in [0.15, 0.2) is 0 Å². The fraction of sp³-hybridized carbons (Fsp3) is 0.468. The molecule has 0 spiro atoms. The number of anilines is 1. The van der Waals surface area contributed by atoms with Crippen LogP contribution in [-0.2, 0) is 49.7 Å². The maximum Gasteiger partial charge on any atom is 0.410 e. The number of carbonyl (C=O) groups is 3. The molecule has 2 N–H and O–H groups in total. The maximum atomic E-state index is 14.9. The van der Waals surface area contributed by atoms with Crippen LogP contribution in [0.1, 0.15) is 69.5 Å². The third-order valence-electron chi connectivity index (χ3n) is 11.0. The van der Waals surface area contributed by atoms with Crippen molar-refractivity contribution < 1.29 is 51.6 Å². The first-order chi connectivity index (χ1) is 30.7.